The molecule has 0 aromatic heterocycles. The van der Waals surface area contributed by atoms with E-state index in [4.69, 9.17) is 9.47 Å². The molecule has 3 rings (SSSR count). The number of morpholine rings is 1. The average Bonchev–Trinajstić information content (AvgIpc) is 2.47. The Balaban J connectivity index is 1.84. The summed E-state index contributed by atoms with van der Waals surface area (Å²) in [5, 5.41) is 3.45. The standard InChI is InChI=1S/C14H20N2O2/c1-15-14-11-4-2-3-5-13(11)18-10-12(14)16-6-8-17-9-7-16/h2-5,12,14-15H,6-10H2,1H3. The molecule has 18 heavy (non-hydrogen) atoms. The van der Waals surface area contributed by atoms with E-state index in [0.717, 1.165) is 38.7 Å². The second-order valence-electron chi connectivity index (χ2n) is 4.83. The topological polar surface area (TPSA) is 33.7 Å². The highest BCUT2D eigenvalue weighted by Gasteiger charge is 2.34. The van der Waals surface area contributed by atoms with E-state index in [1.807, 2.05) is 13.1 Å². The fourth-order valence-corrected chi connectivity index (χ4v) is 2.92. The number of rotatable bonds is 2. The van der Waals surface area contributed by atoms with Gasteiger partial charge in [-0.25, -0.2) is 0 Å². The van der Waals surface area contributed by atoms with Crippen molar-refractivity contribution in [2.75, 3.05) is 40.0 Å². The third-order valence-corrected chi connectivity index (χ3v) is 3.87. The van der Waals surface area contributed by atoms with Gasteiger partial charge in [-0.15, -0.1) is 0 Å². The SMILES string of the molecule is CNC1c2ccccc2OCC1N1CCOCC1. The van der Waals surface area contributed by atoms with Gasteiger partial charge in [0.15, 0.2) is 0 Å². The summed E-state index contributed by atoms with van der Waals surface area (Å²) in [6.45, 7) is 4.40. The van der Waals surface area contributed by atoms with Crippen molar-refractivity contribution in [1.29, 1.82) is 0 Å². The summed E-state index contributed by atoms with van der Waals surface area (Å²) in [6, 6.07) is 9.05. The molecule has 0 aliphatic carbocycles. The van der Waals surface area contributed by atoms with Crippen LogP contribution in [0, 0.1) is 0 Å². The number of nitrogens with one attached hydrogen (secondary N) is 1. The maximum Gasteiger partial charge on any atom is 0.124 e. The van der Waals surface area contributed by atoms with Gasteiger partial charge in [-0.1, -0.05) is 18.2 Å². The number of ether oxygens (including phenoxy) is 2. The monoisotopic (exact) mass is 248 g/mol. The number of likely N-dealkylation sites (N-methyl/N-ethyl adjacent to an activating group) is 1. The third kappa shape index (κ3) is 2.11. The van der Waals surface area contributed by atoms with Crippen molar-refractivity contribution in [2.24, 2.45) is 0 Å². The number of nitrogens with zero attached hydrogens (tertiary/aromatic N) is 1. The van der Waals surface area contributed by atoms with Gasteiger partial charge in [-0.05, 0) is 13.1 Å². The summed E-state index contributed by atoms with van der Waals surface area (Å²) in [5.41, 5.74) is 1.27. The van der Waals surface area contributed by atoms with E-state index >= 15 is 0 Å². The molecule has 1 saturated heterocycles. The van der Waals surface area contributed by atoms with E-state index in [2.05, 4.69) is 28.4 Å². The summed E-state index contributed by atoms with van der Waals surface area (Å²) in [5.74, 6) is 1.02. The number of benzene rings is 1. The van der Waals surface area contributed by atoms with Crippen LogP contribution < -0.4 is 10.1 Å². The molecule has 2 heterocycles. The van der Waals surface area contributed by atoms with Crippen LogP contribution in [-0.2, 0) is 4.74 Å². The van der Waals surface area contributed by atoms with E-state index in [9.17, 15) is 0 Å². The zero-order chi connectivity index (χ0) is 12.4. The van der Waals surface area contributed by atoms with Gasteiger partial charge < -0.3 is 14.8 Å². The molecule has 2 aliphatic rings. The van der Waals surface area contributed by atoms with Crippen LogP contribution in [0.3, 0.4) is 0 Å². The number of hydrogen-bond donors (Lipinski definition) is 1. The molecular weight excluding hydrogens is 228 g/mol. The summed E-state index contributed by atoms with van der Waals surface area (Å²) in [6.07, 6.45) is 0. The molecule has 1 aromatic carbocycles. The molecule has 98 valence electrons. The van der Waals surface area contributed by atoms with Crippen LogP contribution in [0.15, 0.2) is 24.3 Å². The molecule has 2 atom stereocenters. The highest BCUT2D eigenvalue weighted by molar-refractivity contribution is 5.38. The molecule has 0 bridgehead atoms. The summed E-state index contributed by atoms with van der Waals surface area (Å²) < 4.78 is 11.3. The minimum Gasteiger partial charge on any atom is -0.492 e. The Morgan fingerprint density at radius 3 is 2.78 bits per heavy atom. The van der Waals surface area contributed by atoms with Gasteiger partial charge in [0, 0.05) is 18.7 Å². The lowest BCUT2D eigenvalue weighted by Gasteiger charge is -2.41. The smallest absolute Gasteiger partial charge is 0.124 e. The van der Waals surface area contributed by atoms with Crippen LogP contribution in [0.1, 0.15) is 11.6 Å². The van der Waals surface area contributed by atoms with Crippen LogP contribution in [-0.4, -0.2) is 50.9 Å². The molecule has 0 amide bonds. The summed E-state index contributed by atoms with van der Waals surface area (Å²) in [7, 11) is 2.03. The van der Waals surface area contributed by atoms with Gasteiger partial charge in [0.1, 0.15) is 12.4 Å². The molecule has 4 heteroatoms. The molecule has 0 radical (unpaired) electrons. The molecule has 1 N–H and O–H groups in total. The first kappa shape index (κ1) is 12.0. The molecule has 1 aromatic rings. The van der Waals surface area contributed by atoms with Crippen LogP contribution in [0.2, 0.25) is 0 Å². The lowest BCUT2D eigenvalue weighted by molar-refractivity contribution is -0.00881. The first-order chi connectivity index (χ1) is 8.90. The highest BCUT2D eigenvalue weighted by atomic mass is 16.5. The maximum atomic E-state index is 5.90. The van der Waals surface area contributed by atoms with Gasteiger partial charge in [-0.2, -0.15) is 0 Å². The van der Waals surface area contributed by atoms with Crippen LogP contribution >= 0.6 is 0 Å². The number of fused-ring (bicyclic) bond motifs is 1. The molecule has 0 saturated carbocycles. The van der Waals surface area contributed by atoms with Crippen molar-refractivity contribution in [3.8, 4) is 5.75 Å². The van der Waals surface area contributed by atoms with Gasteiger partial charge in [0.2, 0.25) is 0 Å². The fourth-order valence-electron chi connectivity index (χ4n) is 2.92. The quantitative estimate of drug-likeness (QED) is 0.848. The third-order valence-electron chi connectivity index (χ3n) is 3.87. The average molecular weight is 248 g/mol. The van der Waals surface area contributed by atoms with Crippen molar-refractivity contribution in [2.45, 2.75) is 12.1 Å². The minimum atomic E-state index is 0.341. The Bertz CT molecular complexity index is 405. The summed E-state index contributed by atoms with van der Waals surface area (Å²) in [4.78, 5) is 2.47. The van der Waals surface area contributed by atoms with E-state index in [1.54, 1.807) is 0 Å². The van der Waals surface area contributed by atoms with Gasteiger partial charge in [-0.3, -0.25) is 4.90 Å². The van der Waals surface area contributed by atoms with Crippen molar-refractivity contribution < 1.29 is 9.47 Å². The molecular formula is C14H20N2O2. The Morgan fingerprint density at radius 1 is 1.22 bits per heavy atom. The van der Waals surface area contributed by atoms with Gasteiger partial charge in [0.25, 0.3) is 0 Å². The van der Waals surface area contributed by atoms with E-state index < -0.39 is 0 Å². The molecule has 1 fully saturated rings. The predicted molar refractivity (Wildman–Crippen MR) is 69.9 cm³/mol. The van der Waals surface area contributed by atoms with Crippen LogP contribution in [0.25, 0.3) is 0 Å². The zero-order valence-corrected chi connectivity index (χ0v) is 10.8. The largest absolute Gasteiger partial charge is 0.492 e. The number of para-hydroxylation sites is 1. The van der Waals surface area contributed by atoms with Gasteiger partial charge in [0.05, 0.1) is 25.3 Å². The molecule has 2 unspecified atom stereocenters. The Labute approximate surface area is 108 Å². The number of hydrogen-bond acceptors (Lipinski definition) is 4. The maximum absolute atomic E-state index is 5.90. The van der Waals surface area contributed by atoms with Crippen molar-refractivity contribution in [3.05, 3.63) is 29.8 Å². The highest BCUT2D eigenvalue weighted by Crippen LogP contribution is 2.33. The zero-order valence-electron chi connectivity index (χ0n) is 10.8. The molecule has 4 nitrogen and oxygen atoms in total. The second kappa shape index (κ2) is 5.26. The van der Waals surface area contributed by atoms with E-state index in [-0.39, 0.29) is 0 Å². The van der Waals surface area contributed by atoms with Gasteiger partial charge >= 0.3 is 0 Å². The Morgan fingerprint density at radius 2 is 2.00 bits per heavy atom. The normalized spacial score (nSPS) is 28.5. The molecule has 2 aliphatic heterocycles. The lowest BCUT2D eigenvalue weighted by atomic mass is 9.95. The summed E-state index contributed by atoms with van der Waals surface area (Å²) >= 11 is 0. The predicted octanol–water partition coefficient (Wildman–Crippen LogP) is 1.04. The molecule has 0 spiro atoms. The van der Waals surface area contributed by atoms with Crippen LogP contribution in [0.4, 0.5) is 0 Å². The second-order valence-corrected chi connectivity index (χ2v) is 4.83. The minimum absolute atomic E-state index is 0.341. The fraction of sp³-hybridized carbons (Fsp3) is 0.571. The van der Waals surface area contributed by atoms with E-state index in [0.29, 0.717) is 12.1 Å². The van der Waals surface area contributed by atoms with E-state index in [1.165, 1.54) is 5.56 Å². The van der Waals surface area contributed by atoms with Crippen molar-refractivity contribution in [1.82, 2.24) is 10.2 Å². The van der Waals surface area contributed by atoms with Crippen LogP contribution in [0.5, 0.6) is 5.75 Å². The Hall–Kier alpha value is -1.10. The van der Waals surface area contributed by atoms with Crippen molar-refractivity contribution in [3.63, 3.8) is 0 Å². The Kier molecular flexibility index (Phi) is 3.50. The first-order valence-corrected chi connectivity index (χ1v) is 6.61. The first-order valence-electron chi connectivity index (χ1n) is 6.61. The lowest BCUT2D eigenvalue weighted by Crippen LogP contribution is -2.53. The van der Waals surface area contributed by atoms with Crippen molar-refractivity contribution >= 4 is 0 Å².